The van der Waals surface area contributed by atoms with Crippen molar-refractivity contribution in [2.75, 3.05) is 31.6 Å². The molecule has 2 heterocycles. The summed E-state index contributed by atoms with van der Waals surface area (Å²) in [4.78, 5) is 14.5. The van der Waals surface area contributed by atoms with Crippen molar-refractivity contribution in [3.8, 4) is 5.75 Å². The lowest BCUT2D eigenvalue weighted by atomic mass is 9.87. The number of nitrogens with one attached hydrogen (secondary N) is 1. The van der Waals surface area contributed by atoms with Crippen molar-refractivity contribution < 1.29 is 19.4 Å². The zero-order valence-corrected chi connectivity index (χ0v) is 16.5. The zero-order valence-electron chi connectivity index (χ0n) is 16.5. The molecular formula is C23H28N2O4. The van der Waals surface area contributed by atoms with E-state index in [0.717, 1.165) is 29.8 Å². The number of aliphatic hydroxyl groups is 1. The minimum absolute atomic E-state index is 0.0625. The fourth-order valence-electron chi connectivity index (χ4n) is 4.15. The van der Waals surface area contributed by atoms with Crippen LogP contribution in [0.2, 0.25) is 0 Å². The van der Waals surface area contributed by atoms with Crippen molar-refractivity contribution in [1.82, 2.24) is 4.90 Å². The molecule has 154 valence electrons. The average Bonchev–Trinajstić information content (AvgIpc) is 3.20. The Morgan fingerprint density at radius 1 is 1.21 bits per heavy atom. The Morgan fingerprint density at radius 2 is 2.00 bits per heavy atom. The quantitative estimate of drug-likeness (QED) is 0.786. The molecule has 4 rings (SSSR count). The molecular weight excluding hydrogens is 368 g/mol. The van der Waals surface area contributed by atoms with E-state index in [0.29, 0.717) is 39.3 Å². The smallest absolute Gasteiger partial charge is 0.238 e. The molecule has 0 radical (unpaired) electrons. The van der Waals surface area contributed by atoms with Gasteiger partial charge in [-0.3, -0.25) is 9.69 Å². The van der Waals surface area contributed by atoms with E-state index in [9.17, 15) is 9.90 Å². The second kappa shape index (κ2) is 8.95. The molecule has 6 nitrogen and oxygen atoms in total. The van der Waals surface area contributed by atoms with Crippen LogP contribution >= 0.6 is 0 Å². The number of aliphatic hydroxyl groups excluding tert-OH is 1. The normalized spacial score (nSPS) is 24.5. The maximum Gasteiger partial charge on any atom is 0.238 e. The molecule has 2 saturated heterocycles. The van der Waals surface area contributed by atoms with Crippen LogP contribution in [0.1, 0.15) is 24.8 Å². The van der Waals surface area contributed by atoms with E-state index >= 15 is 0 Å². The highest BCUT2D eigenvalue weighted by Gasteiger charge is 2.46. The van der Waals surface area contributed by atoms with Gasteiger partial charge in [0.15, 0.2) is 0 Å². The largest absolute Gasteiger partial charge is 0.489 e. The second-order valence-electron chi connectivity index (χ2n) is 7.88. The molecule has 6 heteroatoms. The third kappa shape index (κ3) is 4.96. The van der Waals surface area contributed by atoms with Crippen LogP contribution in [0.3, 0.4) is 0 Å². The summed E-state index contributed by atoms with van der Waals surface area (Å²) in [5.74, 6) is 0.699. The molecule has 2 aromatic carbocycles. The number of carbonyl (C=O) groups excluding carboxylic acids is 1. The fraction of sp³-hybridized carbons (Fsp3) is 0.435. The van der Waals surface area contributed by atoms with Gasteiger partial charge < -0.3 is 19.9 Å². The number of amides is 1. The lowest BCUT2D eigenvalue weighted by Gasteiger charge is -2.42. The van der Waals surface area contributed by atoms with Crippen molar-refractivity contribution in [2.45, 2.75) is 37.6 Å². The van der Waals surface area contributed by atoms with Gasteiger partial charge in [-0.1, -0.05) is 30.3 Å². The van der Waals surface area contributed by atoms with Gasteiger partial charge >= 0.3 is 0 Å². The van der Waals surface area contributed by atoms with E-state index in [1.165, 1.54) is 0 Å². The Balaban J connectivity index is 1.26. The number of piperidine rings is 1. The lowest BCUT2D eigenvalue weighted by Crippen LogP contribution is -2.57. The van der Waals surface area contributed by atoms with Crippen molar-refractivity contribution >= 4 is 11.6 Å². The molecule has 0 unspecified atom stereocenters. The minimum atomic E-state index is -0.490. The van der Waals surface area contributed by atoms with Gasteiger partial charge in [-0.2, -0.15) is 0 Å². The molecule has 0 aromatic heterocycles. The maximum atomic E-state index is 12.5. The van der Waals surface area contributed by atoms with E-state index in [2.05, 4.69) is 10.2 Å². The van der Waals surface area contributed by atoms with Crippen LogP contribution < -0.4 is 10.1 Å². The van der Waals surface area contributed by atoms with Crippen LogP contribution in [-0.2, 0) is 16.1 Å². The van der Waals surface area contributed by atoms with E-state index in [-0.39, 0.29) is 5.91 Å². The molecule has 1 spiro atoms. The van der Waals surface area contributed by atoms with Crippen LogP contribution in [0.5, 0.6) is 5.75 Å². The van der Waals surface area contributed by atoms with Crippen molar-refractivity contribution in [3.63, 3.8) is 0 Å². The monoisotopic (exact) mass is 396 g/mol. The van der Waals surface area contributed by atoms with Crippen LogP contribution in [-0.4, -0.2) is 53.9 Å². The predicted molar refractivity (Wildman–Crippen MR) is 111 cm³/mol. The van der Waals surface area contributed by atoms with Gasteiger partial charge in [-0.05, 0) is 49.1 Å². The first-order chi connectivity index (χ1) is 14.1. The first-order valence-corrected chi connectivity index (χ1v) is 10.2. The molecule has 2 aliphatic heterocycles. The van der Waals surface area contributed by atoms with Gasteiger partial charge in [0.05, 0.1) is 12.6 Å². The highest BCUT2D eigenvalue weighted by molar-refractivity contribution is 5.92. The molecule has 0 saturated carbocycles. The standard InChI is InChI=1S/C23H28N2O4/c26-21-11-13-25(17-23(21)12-4-14-29-23)15-22(27)24-19-7-9-20(10-8-19)28-16-18-5-2-1-3-6-18/h1-3,5-10,21,26H,4,11-17H2,(H,24,27)/t21-,23-/m0/s1. The average molecular weight is 396 g/mol. The minimum Gasteiger partial charge on any atom is -0.489 e. The second-order valence-corrected chi connectivity index (χ2v) is 7.88. The first kappa shape index (κ1) is 19.9. The van der Waals surface area contributed by atoms with Gasteiger partial charge in [-0.25, -0.2) is 0 Å². The maximum absolute atomic E-state index is 12.5. The fourth-order valence-corrected chi connectivity index (χ4v) is 4.15. The van der Waals surface area contributed by atoms with E-state index < -0.39 is 11.7 Å². The predicted octanol–water partition coefficient (Wildman–Crippen LogP) is 2.82. The summed E-state index contributed by atoms with van der Waals surface area (Å²) in [6.07, 6.45) is 2.03. The highest BCUT2D eigenvalue weighted by atomic mass is 16.5. The summed E-state index contributed by atoms with van der Waals surface area (Å²) < 4.78 is 11.6. The molecule has 1 amide bonds. The topological polar surface area (TPSA) is 71.0 Å². The number of hydrogen-bond donors (Lipinski definition) is 2. The number of benzene rings is 2. The number of hydrogen-bond acceptors (Lipinski definition) is 5. The molecule has 2 atom stereocenters. The van der Waals surface area contributed by atoms with Crippen LogP contribution in [0, 0.1) is 0 Å². The van der Waals surface area contributed by atoms with Gasteiger partial charge in [0.2, 0.25) is 5.91 Å². The van der Waals surface area contributed by atoms with Gasteiger partial charge in [0.25, 0.3) is 0 Å². The summed E-state index contributed by atoms with van der Waals surface area (Å²) in [7, 11) is 0. The van der Waals surface area contributed by atoms with Crippen molar-refractivity contribution in [3.05, 3.63) is 60.2 Å². The highest BCUT2D eigenvalue weighted by Crippen LogP contribution is 2.34. The summed E-state index contributed by atoms with van der Waals surface area (Å²) in [6, 6.07) is 17.4. The molecule has 2 aliphatic rings. The van der Waals surface area contributed by atoms with Crippen LogP contribution in [0.4, 0.5) is 5.69 Å². The van der Waals surface area contributed by atoms with Crippen molar-refractivity contribution in [2.24, 2.45) is 0 Å². The first-order valence-electron chi connectivity index (χ1n) is 10.2. The van der Waals surface area contributed by atoms with Gasteiger partial charge in [-0.15, -0.1) is 0 Å². The summed E-state index contributed by atoms with van der Waals surface area (Å²) >= 11 is 0. The van der Waals surface area contributed by atoms with Crippen molar-refractivity contribution in [1.29, 1.82) is 0 Å². The molecule has 0 aliphatic carbocycles. The number of anilines is 1. The van der Waals surface area contributed by atoms with E-state index in [1.54, 1.807) is 0 Å². The summed E-state index contributed by atoms with van der Waals surface area (Å²) in [6.45, 7) is 2.80. The molecule has 2 fully saturated rings. The number of ether oxygens (including phenoxy) is 2. The van der Waals surface area contributed by atoms with Gasteiger partial charge in [0.1, 0.15) is 18.0 Å². The van der Waals surface area contributed by atoms with Crippen LogP contribution in [0.15, 0.2) is 54.6 Å². The Bertz CT molecular complexity index is 803. The number of likely N-dealkylation sites (tertiary alicyclic amines) is 1. The lowest BCUT2D eigenvalue weighted by molar-refractivity contribution is -0.137. The Kier molecular flexibility index (Phi) is 6.13. The Morgan fingerprint density at radius 3 is 2.72 bits per heavy atom. The van der Waals surface area contributed by atoms with Crippen LogP contribution in [0.25, 0.3) is 0 Å². The molecule has 2 N–H and O–H groups in total. The summed E-state index contributed by atoms with van der Waals surface area (Å²) in [5.41, 5.74) is 1.36. The Hall–Kier alpha value is -2.41. The van der Waals surface area contributed by atoms with Gasteiger partial charge in [0, 0.05) is 25.4 Å². The molecule has 29 heavy (non-hydrogen) atoms. The third-order valence-corrected chi connectivity index (χ3v) is 5.70. The molecule has 2 aromatic rings. The third-order valence-electron chi connectivity index (χ3n) is 5.70. The SMILES string of the molecule is O=C(CN1CC[C@H](O)[C@]2(CCCO2)C1)Nc1ccc(OCc2ccccc2)cc1. The summed E-state index contributed by atoms with van der Waals surface area (Å²) in [5, 5.41) is 13.3. The number of rotatable bonds is 6. The number of nitrogens with zero attached hydrogens (tertiary/aromatic N) is 1. The Labute approximate surface area is 171 Å². The zero-order chi connectivity index (χ0) is 20.1. The molecule has 0 bridgehead atoms. The number of carbonyl (C=O) groups is 1. The van der Waals surface area contributed by atoms with E-state index in [4.69, 9.17) is 9.47 Å². The van der Waals surface area contributed by atoms with E-state index in [1.807, 2.05) is 54.6 Å².